The van der Waals surface area contributed by atoms with E-state index in [1.807, 2.05) is 0 Å². The fourth-order valence-electron chi connectivity index (χ4n) is 1.25. The van der Waals surface area contributed by atoms with E-state index >= 15 is 0 Å². The zero-order valence-electron chi connectivity index (χ0n) is 8.70. The maximum absolute atomic E-state index is 13.2. The van der Waals surface area contributed by atoms with E-state index in [1.54, 1.807) is 12.1 Å². The van der Waals surface area contributed by atoms with Gasteiger partial charge in [-0.15, -0.1) is 0 Å². The maximum atomic E-state index is 13.2. The first-order chi connectivity index (χ1) is 7.56. The Labute approximate surface area is 92.4 Å². The monoisotopic (exact) mass is 219 g/mol. The standard InChI is InChI=1S/C12H10FNO2/c1-8(15)10(7-14)12(16)6-9-4-2-3-5-11(9)13/h2-5,15H,6H2,1H3. The molecule has 0 atom stereocenters. The zero-order valence-corrected chi connectivity index (χ0v) is 8.70. The molecule has 0 heterocycles. The van der Waals surface area contributed by atoms with Crippen LogP contribution >= 0.6 is 0 Å². The van der Waals surface area contributed by atoms with E-state index in [-0.39, 0.29) is 23.3 Å². The highest BCUT2D eigenvalue weighted by Gasteiger charge is 2.14. The maximum Gasteiger partial charge on any atom is 0.181 e. The summed E-state index contributed by atoms with van der Waals surface area (Å²) in [7, 11) is 0. The molecule has 0 fully saturated rings. The molecular formula is C12H10FNO2. The van der Waals surface area contributed by atoms with Crippen LogP contribution < -0.4 is 0 Å². The van der Waals surface area contributed by atoms with E-state index in [0.29, 0.717) is 0 Å². The second kappa shape index (κ2) is 5.08. The van der Waals surface area contributed by atoms with Gasteiger partial charge in [0.15, 0.2) is 5.78 Å². The predicted octanol–water partition coefficient (Wildman–Crippen LogP) is 2.29. The van der Waals surface area contributed by atoms with E-state index < -0.39 is 11.6 Å². The number of carbonyl (C=O) groups is 1. The molecule has 0 aromatic heterocycles. The van der Waals surface area contributed by atoms with Crippen LogP contribution in [0.25, 0.3) is 0 Å². The second-order valence-electron chi connectivity index (χ2n) is 3.26. The number of nitrogens with zero attached hydrogens (tertiary/aromatic N) is 1. The van der Waals surface area contributed by atoms with E-state index in [1.165, 1.54) is 25.1 Å². The minimum absolute atomic E-state index is 0.210. The van der Waals surface area contributed by atoms with Crippen LogP contribution in [0.5, 0.6) is 0 Å². The fourth-order valence-corrected chi connectivity index (χ4v) is 1.25. The lowest BCUT2D eigenvalue weighted by molar-refractivity contribution is -0.114. The van der Waals surface area contributed by atoms with Gasteiger partial charge in [-0.3, -0.25) is 4.79 Å². The first-order valence-corrected chi connectivity index (χ1v) is 4.62. The van der Waals surface area contributed by atoms with Crippen molar-refractivity contribution in [2.75, 3.05) is 0 Å². The summed E-state index contributed by atoms with van der Waals surface area (Å²) in [5.41, 5.74) is -0.121. The third kappa shape index (κ3) is 2.67. The molecule has 0 radical (unpaired) electrons. The number of aliphatic hydroxyl groups excluding tert-OH is 1. The average molecular weight is 219 g/mol. The van der Waals surface area contributed by atoms with Gasteiger partial charge in [0.25, 0.3) is 0 Å². The molecule has 0 aliphatic heterocycles. The molecule has 0 saturated heterocycles. The number of hydrogen-bond donors (Lipinski definition) is 1. The number of carbonyl (C=O) groups excluding carboxylic acids is 1. The molecule has 3 nitrogen and oxygen atoms in total. The first kappa shape index (κ1) is 11.9. The number of aliphatic hydroxyl groups is 1. The Bertz CT molecular complexity index is 482. The molecule has 4 heteroatoms. The molecule has 0 bridgehead atoms. The first-order valence-electron chi connectivity index (χ1n) is 4.62. The van der Waals surface area contributed by atoms with Crippen molar-refractivity contribution < 1.29 is 14.3 Å². The van der Waals surface area contributed by atoms with E-state index in [4.69, 9.17) is 10.4 Å². The Hall–Kier alpha value is -2.15. The Balaban J connectivity index is 2.93. The highest BCUT2D eigenvalue weighted by Crippen LogP contribution is 2.11. The zero-order chi connectivity index (χ0) is 12.1. The molecule has 1 aromatic rings. The van der Waals surface area contributed by atoms with Crippen LogP contribution in [0.1, 0.15) is 12.5 Å². The van der Waals surface area contributed by atoms with Crippen molar-refractivity contribution in [2.24, 2.45) is 0 Å². The minimum atomic E-state index is -0.590. The van der Waals surface area contributed by atoms with Crippen LogP contribution in [0.15, 0.2) is 35.6 Å². The van der Waals surface area contributed by atoms with Crippen LogP contribution in [0, 0.1) is 17.1 Å². The molecule has 0 amide bonds. The molecule has 0 unspecified atom stereocenters. The molecule has 0 aliphatic rings. The third-order valence-electron chi connectivity index (χ3n) is 2.06. The normalized spacial score (nSPS) is 11.6. The van der Waals surface area contributed by atoms with Gasteiger partial charge in [0.2, 0.25) is 0 Å². The molecule has 1 N–H and O–H groups in total. The summed E-state index contributed by atoms with van der Waals surface area (Å²) in [4.78, 5) is 11.5. The third-order valence-corrected chi connectivity index (χ3v) is 2.06. The molecule has 0 saturated carbocycles. The summed E-state index contributed by atoms with van der Waals surface area (Å²) >= 11 is 0. The summed E-state index contributed by atoms with van der Waals surface area (Å²) in [6.45, 7) is 1.25. The summed E-state index contributed by atoms with van der Waals surface area (Å²) in [6, 6.07) is 7.43. The van der Waals surface area contributed by atoms with Gasteiger partial charge >= 0.3 is 0 Å². The average Bonchev–Trinajstić information content (AvgIpc) is 2.22. The van der Waals surface area contributed by atoms with E-state index in [9.17, 15) is 9.18 Å². The Morgan fingerprint density at radius 1 is 1.50 bits per heavy atom. The van der Waals surface area contributed by atoms with Crippen LogP contribution in [0.2, 0.25) is 0 Å². The Morgan fingerprint density at radius 3 is 2.62 bits per heavy atom. The molecule has 1 aromatic carbocycles. The lowest BCUT2D eigenvalue weighted by Gasteiger charge is -2.02. The quantitative estimate of drug-likeness (QED) is 0.482. The number of halogens is 1. The number of allylic oxidation sites excluding steroid dienone is 2. The van der Waals surface area contributed by atoms with E-state index in [0.717, 1.165) is 0 Å². The number of Topliss-reactive ketones (excluding diaryl/α,β-unsaturated/α-hetero) is 1. The second-order valence-corrected chi connectivity index (χ2v) is 3.26. The minimum Gasteiger partial charge on any atom is -0.511 e. The molecule has 0 aliphatic carbocycles. The highest BCUT2D eigenvalue weighted by atomic mass is 19.1. The van der Waals surface area contributed by atoms with Crippen molar-refractivity contribution in [1.29, 1.82) is 5.26 Å². The predicted molar refractivity (Wildman–Crippen MR) is 56.1 cm³/mol. The lowest BCUT2D eigenvalue weighted by atomic mass is 10.0. The van der Waals surface area contributed by atoms with E-state index in [2.05, 4.69) is 0 Å². The van der Waals surface area contributed by atoms with Gasteiger partial charge < -0.3 is 5.11 Å². The smallest absolute Gasteiger partial charge is 0.181 e. The van der Waals surface area contributed by atoms with Crippen LogP contribution in [0.4, 0.5) is 4.39 Å². The molecular weight excluding hydrogens is 209 g/mol. The van der Waals surface area contributed by atoms with Crippen molar-refractivity contribution in [2.45, 2.75) is 13.3 Å². The van der Waals surface area contributed by atoms with Gasteiger partial charge in [-0.2, -0.15) is 5.26 Å². The fraction of sp³-hybridized carbons (Fsp3) is 0.167. The largest absolute Gasteiger partial charge is 0.511 e. The number of benzene rings is 1. The number of rotatable bonds is 3. The Kier molecular flexibility index (Phi) is 3.78. The molecule has 1 rings (SSSR count). The van der Waals surface area contributed by atoms with Gasteiger partial charge in [0.1, 0.15) is 23.2 Å². The number of ketones is 1. The van der Waals surface area contributed by atoms with Crippen LogP contribution in [-0.4, -0.2) is 10.9 Å². The van der Waals surface area contributed by atoms with Gasteiger partial charge in [0.05, 0.1) is 0 Å². The summed E-state index contributed by atoms with van der Waals surface area (Å²) in [6.07, 6.45) is -0.229. The molecule has 0 spiro atoms. The van der Waals surface area contributed by atoms with Crippen molar-refractivity contribution >= 4 is 5.78 Å². The number of nitriles is 1. The van der Waals surface area contributed by atoms with Crippen molar-refractivity contribution in [1.82, 2.24) is 0 Å². The van der Waals surface area contributed by atoms with Crippen LogP contribution in [-0.2, 0) is 11.2 Å². The van der Waals surface area contributed by atoms with Gasteiger partial charge in [-0.05, 0) is 18.6 Å². The summed E-state index contributed by atoms with van der Waals surface area (Å²) in [5.74, 6) is -1.43. The van der Waals surface area contributed by atoms with Crippen molar-refractivity contribution in [3.8, 4) is 6.07 Å². The van der Waals surface area contributed by atoms with Gasteiger partial charge in [0, 0.05) is 6.42 Å². The van der Waals surface area contributed by atoms with Crippen molar-refractivity contribution in [3.63, 3.8) is 0 Å². The topological polar surface area (TPSA) is 61.1 Å². The number of hydrogen-bond acceptors (Lipinski definition) is 3. The lowest BCUT2D eigenvalue weighted by Crippen LogP contribution is -2.08. The Morgan fingerprint density at radius 2 is 2.12 bits per heavy atom. The van der Waals surface area contributed by atoms with Gasteiger partial charge in [-0.25, -0.2) is 4.39 Å². The SMILES string of the molecule is CC(O)=C(C#N)C(=O)Cc1ccccc1F. The van der Waals surface area contributed by atoms with Gasteiger partial charge in [-0.1, -0.05) is 18.2 Å². The summed E-state index contributed by atoms with van der Waals surface area (Å²) < 4.78 is 13.2. The molecule has 82 valence electrons. The molecule has 16 heavy (non-hydrogen) atoms. The highest BCUT2D eigenvalue weighted by molar-refractivity contribution is 6.00. The van der Waals surface area contributed by atoms with Crippen molar-refractivity contribution in [3.05, 3.63) is 47.0 Å². The van der Waals surface area contributed by atoms with Crippen LogP contribution in [0.3, 0.4) is 0 Å². The summed E-state index contributed by atoms with van der Waals surface area (Å²) in [5, 5.41) is 17.7.